The standard InChI is InChI=1S/C15H17ClN2O/c16-10-15(6-1-2-7-15)18-14-13-9-12(19)4-3-11(13)5-8-17-14/h3-5,8-9,19H,1-2,6-7,10H2,(H,17,18). The molecule has 0 bridgehead atoms. The zero-order valence-corrected chi connectivity index (χ0v) is 11.5. The molecule has 3 rings (SSSR count). The fraction of sp³-hybridized carbons (Fsp3) is 0.400. The number of hydrogen-bond acceptors (Lipinski definition) is 3. The molecule has 1 aromatic heterocycles. The van der Waals surface area contributed by atoms with Crippen molar-refractivity contribution in [2.75, 3.05) is 11.2 Å². The summed E-state index contributed by atoms with van der Waals surface area (Å²) in [6, 6.07) is 7.29. The van der Waals surface area contributed by atoms with E-state index in [1.54, 1.807) is 18.3 Å². The van der Waals surface area contributed by atoms with Crippen molar-refractivity contribution < 1.29 is 5.11 Å². The van der Waals surface area contributed by atoms with Crippen molar-refractivity contribution in [3.05, 3.63) is 30.5 Å². The molecular formula is C15H17ClN2O. The molecule has 0 spiro atoms. The molecule has 0 amide bonds. The van der Waals surface area contributed by atoms with Crippen LogP contribution in [0, 0.1) is 0 Å². The number of aromatic hydroxyl groups is 1. The fourth-order valence-corrected chi connectivity index (χ4v) is 3.18. The lowest BCUT2D eigenvalue weighted by Gasteiger charge is -2.29. The minimum Gasteiger partial charge on any atom is -0.508 e. The molecule has 1 aliphatic rings. The first kappa shape index (κ1) is 12.5. The summed E-state index contributed by atoms with van der Waals surface area (Å²) in [6.07, 6.45) is 6.35. The third-order valence-corrected chi connectivity index (χ3v) is 4.46. The maximum Gasteiger partial charge on any atom is 0.134 e. The van der Waals surface area contributed by atoms with Crippen LogP contribution in [0.15, 0.2) is 30.5 Å². The Morgan fingerprint density at radius 2 is 2.05 bits per heavy atom. The van der Waals surface area contributed by atoms with E-state index < -0.39 is 0 Å². The van der Waals surface area contributed by atoms with Gasteiger partial charge in [0, 0.05) is 17.5 Å². The Morgan fingerprint density at radius 3 is 2.79 bits per heavy atom. The maximum absolute atomic E-state index is 9.66. The highest BCUT2D eigenvalue weighted by molar-refractivity contribution is 6.19. The zero-order valence-electron chi connectivity index (χ0n) is 10.7. The third kappa shape index (κ3) is 2.35. The molecular weight excluding hydrogens is 260 g/mol. The number of nitrogens with one attached hydrogen (secondary N) is 1. The van der Waals surface area contributed by atoms with Crippen LogP contribution in [0.4, 0.5) is 5.82 Å². The van der Waals surface area contributed by atoms with Gasteiger partial charge in [0.1, 0.15) is 11.6 Å². The molecule has 1 fully saturated rings. The summed E-state index contributed by atoms with van der Waals surface area (Å²) in [6.45, 7) is 0. The first-order valence-corrected chi connectivity index (χ1v) is 7.18. The number of benzene rings is 1. The number of hydrogen-bond donors (Lipinski definition) is 2. The number of aromatic nitrogens is 1. The normalized spacial score (nSPS) is 17.7. The number of phenolic OH excluding ortho intramolecular Hbond substituents is 1. The molecule has 0 radical (unpaired) electrons. The average Bonchev–Trinajstić information content (AvgIpc) is 2.89. The summed E-state index contributed by atoms with van der Waals surface area (Å²) >= 11 is 6.16. The number of pyridine rings is 1. The van der Waals surface area contributed by atoms with E-state index in [4.69, 9.17) is 11.6 Å². The van der Waals surface area contributed by atoms with Gasteiger partial charge in [0.15, 0.2) is 0 Å². The van der Waals surface area contributed by atoms with Crippen molar-refractivity contribution in [2.45, 2.75) is 31.2 Å². The van der Waals surface area contributed by atoms with Crippen LogP contribution in [0.25, 0.3) is 10.8 Å². The largest absolute Gasteiger partial charge is 0.508 e. The summed E-state index contributed by atoms with van der Waals surface area (Å²) in [4.78, 5) is 4.42. The molecule has 3 nitrogen and oxygen atoms in total. The van der Waals surface area contributed by atoms with E-state index in [1.807, 2.05) is 12.1 Å². The van der Waals surface area contributed by atoms with E-state index in [1.165, 1.54) is 12.8 Å². The Labute approximate surface area is 117 Å². The third-order valence-electron chi connectivity index (χ3n) is 3.95. The Morgan fingerprint density at radius 1 is 1.26 bits per heavy atom. The van der Waals surface area contributed by atoms with Gasteiger partial charge in [-0.1, -0.05) is 18.9 Å². The number of fused-ring (bicyclic) bond motifs is 1. The van der Waals surface area contributed by atoms with Gasteiger partial charge in [-0.25, -0.2) is 4.98 Å². The lowest BCUT2D eigenvalue weighted by molar-refractivity contribution is 0.476. The summed E-state index contributed by atoms with van der Waals surface area (Å²) < 4.78 is 0. The van der Waals surface area contributed by atoms with Crippen molar-refractivity contribution in [3.63, 3.8) is 0 Å². The molecule has 0 saturated heterocycles. The second-order valence-corrected chi connectivity index (χ2v) is 5.58. The van der Waals surface area contributed by atoms with E-state index >= 15 is 0 Å². The summed E-state index contributed by atoms with van der Waals surface area (Å²) in [5.41, 5.74) is -0.0473. The molecule has 1 aromatic carbocycles. The SMILES string of the molecule is Oc1ccc2ccnc(NC3(CCl)CCCC3)c2c1. The Hall–Kier alpha value is -1.48. The fourth-order valence-electron chi connectivity index (χ4n) is 2.85. The van der Waals surface area contributed by atoms with Gasteiger partial charge in [-0.2, -0.15) is 0 Å². The van der Waals surface area contributed by atoms with Crippen LogP contribution in [-0.4, -0.2) is 21.5 Å². The molecule has 2 aromatic rings. The highest BCUT2D eigenvalue weighted by Gasteiger charge is 2.33. The van der Waals surface area contributed by atoms with Crippen LogP contribution >= 0.6 is 11.6 Å². The molecule has 2 N–H and O–H groups in total. The minimum absolute atomic E-state index is 0.0473. The smallest absolute Gasteiger partial charge is 0.134 e. The first-order valence-electron chi connectivity index (χ1n) is 6.64. The lowest BCUT2D eigenvalue weighted by Crippen LogP contribution is -2.37. The predicted octanol–water partition coefficient (Wildman–Crippen LogP) is 3.90. The van der Waals surface area contributed by atoms with Crippen LogP contribution < -0.4 is 5.32 Å². The van der Waals surface area contributed by atoms with Gasteiger partial charge in [0.2, 0.25) is 0 Å². The van der Waals surface area contributed by atoms with Gasteiger partial charge in [0.25, 0.3) is 0 Å². The molecule has 1 aliphatic carbocycles. The van der Waals surface area contributed by atoms with E-state index in [2.05, 4.69) is 10.3 Å². The van der Waals surface area contributed by atoms with Crippen molar-refractivity contribution >= 4 is 28.2 Å². The quantitative estimate of drug-likeness (QED) is 0.836. The van der Waals surface area contributed by atoms with Crippen molar-refractivity contribution in [1.29, 1.82) is 0 Å². The van der Waals surface area contributed by atoms with Crippen LogP contribution in [0.2, 0.25) is 0 Å². The van der Waals surface area contributed by atoms with Crippen molar-refractivity contribution in [1.82, 2.24) is 4.98 Å². The monoisotopic (exact) mass is 276 g/mol. The van der Waals surface area contributed by atoms with Gasteiger partial charge < -0.3 is 10.4 Å². The summed E-state index contributed by atoms with van der Waals surface area (Å²) in [7, 11) is 0. The van der Waals surface area contributed by atoms with E-state index in [9.17, 15) is 5.11 Å². The summed E-state index contributed by atoms with van der Waals surface area (Å²) in [5, 5.41) is 15.2. The zero-order chi connectivity index (χ0) is 13.3. The number of anilines is 1. The number of phenols is 1. The Kier molecular flexibility index (Phi) is 3.23. The van der Waals surface area contributed by atoms with Gasteiger partial charge in [-0.15, -0.1) is 11.6 Å². The van der Waals surface area contributed by atoms with Crippen LogP contribution in [0.1, 0.15) is 25.7 Å². The molecule has 19 heavy (non-hydrogen) atoms. The molecule has 100 valence electrons. The maximum atomic E-state index is 9.66. The second-order valence-electron chi connectivity index (χ2n) is 5.31. The Balaban J connectivity index is 2.02. The van der Waals surface area contributed by atoms with Gasteiger partial charge in [-0.05, 0) is 36.4 Å². The van der Waals surface area contributed by atoms with Gasteiger partial charge >= 0.3 is 0 Å². The molecule has 1 saturated carbocycles. The number of rotatable bonds is 3. The first-order chi connectivity index (χ1) is 9.22. The van der Waals surface area contributed by atoms with E-state index in [0.29, 0.717) is 5.88 Å². The van der Waals surface area contributed by atoms with Crippen LogP contribution in [0.3, 0.4) is 0 Å². The van der Waals surface area contributed by atoms with Crippen LogP contribution in [-0.2, 0) is 0 Å². The molecule has 4 heteroatoms. The Bertz CT molecular complexity index is 594. The van der Waals surface area contributed by atoms with Gasteiger partial charge in [-0.3, -0.25) is 0 Å². The van der Waals surface area contributed by atoms with Crippen LogP contribution in [0.5, 0.6) is 5.75 Å². The summed E-state index contributed by atoms with van der Waals surface area (Å²) in [5.74, 6) is 1.66. The average molecular weight is 277 g/mol. The highest BCUT2D eigenvalue weighted by Crippen LogP contribution is 2.36. The van der Waals surface area contributed by atoms with Gasteiger partial charge in [0.05, 0.1) is 5.54 Å². The van der Waals surface area contributed by atoms with E-state index in [-0.39, 0.29) is 11.3 Å². The molecule has 0 unspecified atom stereocenters. The second kappa shape index (κ2) is 4.89. The number of alkyl halides is 1. The molecule has 0 atom stereocenters. The number of nitrogens with zero attached hydrogens (tertiary/aromatic N) is 1. The minimum atomic E-state index is -0.0473. The predicted molar refractivity (Wildman–Crippen MR) is 78.9 cm³/mol. The topological polar surface area (TPSA) is 45.2 Å². The lowest BCUT2D eigenvalue weighted by atomic mass is 10.00. The van der Waals surface area contributed by atoms with Crippen molar-refractivity contribution in [2.24, 2.45) is 0 Å². The van der Waals surface area contributed by atoms with Crippen molar-refractivity contribution in [3.8, 4) is 5.75 Å². The highest BCUT2D eigenvalue weighted by atomic mass is 35.5. The van der Waals surface area contributed by atoms with E-state index in [0.717, 1.165) is 29.4 Å². The number of halogens is 1. The molecule has 0 aliphatic heterocycles. The molecule has 1 heterocycles.